The lowest BCUT2D eigenvalue weighted by molar-refractivity contribution is 0.132. The quantitative estimate of drug-likeness (QED) is 0.908. The standard InChI is InChI=1S/C13H16ClFOS/c1-13(5-2-6-17-13)12(16)8-9-7-10(14)3-4-11(9)15/h3-4,7,12,16H,2,5-6,8H2,1H3. The van der Waals surface area contributed by atoms with Crippen molar-refractivity contribution in [1.29, 1.82) is 0 Å². The fraction of sp³-hybridized carbons (Fsp3) is 0.538. The van der Waals surface area contributed by atoms with Crippen LogP contribution < -0.4 is 0 Å². The Morgan fingerprint density at radius 3 is 3.00 bits per heavy atom. The summed E-state index contributed by atoms with van der Waals surface area (Å²) < 4.78 is 13.4. The lowest BCUT2D eigenvalue weighted by atomic mass is 9.93. The molecule has 1 nitrogen and oxygen atoms in total. The molecule has 2 unspecified atom stereocenters. The van der Waals surface area contributed by atoms with Crippen LogP contribution in [0.3, 0.4) is 0 Å². The summed E-state index contributed by atoms with van der Waals surface area (Å²) in [5, 5.41) is 10.8. The molecule has 1 aromatic rings. The van der Waals surface area contributed by atoms with Gasteiger partial charge in [-0.2, -0.15) is 11.8 Å². The molecule has 2 atom stereocenters. The van der Waals surface area contributed by atoms with Crippen LogP contribution in [0.15, 0.2) is 18.2 Å². The molecule has 1 N–H and O–H groups in total. The van der Waals surface area contributed by atoms with Crippen molar-refractivity contribution in [2.45, 2.75) is 37.0 Å². The maximum atomic E-state index is 13.6. The lowest BCUT2D eigenvalue weighted by Crippen LogP contribution is -2.35. The molecule has 4 heteroatoms. The minimum absolute atomic E-state index is 0.144. The second-order valence-electron chi connectivity index (χ2n) is 4.72. The predicted octanol–water partition coefficient (Wildman–Crippen LogP) is 3.67. The first-order valence-electron chi connectivity index (χ1n) is 5.77. The fourth-order valence-electron chi connectivity index (χ4n) is 2.19. The van der Waals surface area contributed by atoms with Crippen LogP contribution in [0.4, 0.5) is 4.39 Å². The summed E-state index contributed by atoms with van der Waals surface area (Å²) in [6.45, 7) is 2.05. The second-order valence-corrected chi connectivity index (χ2v) is 6.79. The smallest absolute Gasteiger partial charge is 0.126 e. The number of aliphatic hydroxyl groups excluding tert-OH is 1. The Bertz CT molecular complexity index is 404. The van der Waals surface area contributed by atoms with E-state index in [9.17, 15) is 9.50 Å². The average molecular weight is 275 g/mol. The summed E-state index contributed by atoms with van der Waals surface area (Å²) in [7, 11) is 0. The van der Waals surface area contributed by atoms with E-state index in [1.807, 2.05) is 0 Å². The van der Waals surface area contributed by atoms with Gasteiger partial charge in [0.05, 0.1) is 6.10 Å². The van der Waals surface area contributed by atoms with E-state index < -0.39 is 6.10 Å². The maximum Gasteiger partial charge on any atom is 0.126 e. The highest BCUT2D eigenvalue weighted by atomic mass is 35.5. The van der Waals surface area contributed by atoms with Gasteiger partial charge in [-0.25, -0.2) is 4.39 Å². The monoisotopic (exact) mass is 274 g/mol. The summed E-state index contributed by atoms with van der Waals surface area (Å²) in [4.78, 5) is 0. The molecule has 1 aliphatic rings. The van der Waals surface area contributed by atoms with Gasteiger partial charge in [-0.05, 0) is 49.3 Å². The first kappa shape index (κ1) is 13.2. The Morgan fingerprint density at radius 2 is 2.35 bits per heavy atom. The summed E-state index contributed by atoms with van der Waals surface area (Å²) >= 11 is 7.62. The van der Waals surface area contributed by atoms with Crippen molar-refractivity contribution >= 4 is 23.4 Å². The normalized spacial score (nSPS) is 26.1. The van der Waals surface area contributed by atoms with Gasteiger partial charge in [-0.15, -0.1) is 0 Å². The summed E-state index contributed by atoms with van der Waals surface area (Å²) in [5.41, 5.74) is 0.499. The molecule has 17 heavy (non-hydrogen) atoms. The van der Waals surface area contributed by atoms with Crippen molar-refractivity contribution in [1.82, 2.24) is 0 Å². The van der Waals surface area contributed by atoms with Gasteiger partial charge in [0, 0.05) is 16.2 Å². The molecule has 0 aromatic heterocycles. The SMILES string of the molecule is CC1(C(O)Cc2cc(Cl)ccc2F)CCCS1. The molecule has 1 heterocycles. The molecule has 0 spiro atoms. The third-order valence-electron chi connectivity index (χ3n) is 3.38. The third kappa shape index (κ3) is 2.95. The third-order valence-corrected chi connectivity index (χ3v) is 5.24. The van der Waals surface area contributed by atoms with E-state index in [2.05, 4.69) is 6.92 Å². The van der Waals surface area contributed by atoms with E-state index in [1.165, 1.54) is 12.1 Å². The minimum Gasteiger partial charge on any atom is -0.391 e. The Balaban J connectivity index is 2.12. The van der Waals surface area contributed by atoms with Crippen molar-refractivity contribution in [2.75, 3.05) is 5.75 Å². The zero-order valence-electron chi connectivity index (χ0n) is 9.75. The van der Waals surface area contributed by atoms with Crippen molar-refractivity contribution in [3.63, 3.8) is 0 Å². The van der Waals surface area contributed by atoms with Gasteiger partial charge in [0.25, 0.3) is 0 Å². The molecule has 0 radical (unpaired) electrons. The van der Waals surface area contributed by atoms with E-state index in [1.54, 1.807) is 17.8 Å². The molecule has 0 saturated carbocycles. The number of hydrogen-bond acceptors (Lipinski definition) is 2. The fourth-order valence-corrected chi connectivity index (χ4v) is 3.70. The maximum absolute atomic E-state index is 13.6. The van der Waals surface area contributed by atoms with Gasteiger partial charge >= 0.3 is 0 Å². The van der Waals surface area contributed by atoms with Gasteiger partial charge in [0.15, 0.2) is 0 Å². The number of rotatable bonds is 3. The molecule has 1 saturated heterocycles. The largest absolute Gasteiger partial charge is 0.391 e. The van der Waals surface area contributed by atoms with Crippen LogP contribution in [0.2, 0.25) is 5.02 Å². The molecule has 1 fully saturated rings. The molecule has 0 amide bonds. The highest BCUT2D eigenvalue weighted by Gasteiger charge is 2.37. The van der Waals surface area contributed by atoms with E-state index in [0.717, 1.165) is 18.6 Å². The van der Waals surface area contributed by atoms with Crippen molar-refractivity contribution in [2.24, 2.45) is 0 Å². The Hall–Kier alpha value is -0.250. The minimum atomic E-state index is -0.525. The first-order chi connectivity index (χ1) is 8.01. The number of aliphatic hydroxyl groups is 1. The van der Waals surface area contributed by atoms with Crippen LogP contribution >= 0.6 is 23.4 Å². The molecule has 1 aliphatic heterocycles. The summed E-state index contributed by atoms with van der Waals surface area (Å²) in [5.74, 6) is 0.783. The van der Waals surface area contributed by atoms with E-state index in [0.29, 0.717) is 17.0 Å². The molecule has 1 aromatic carbocycles. The topological polar surface area (TPSA) is 20.2 Å². The lowest BCUT2D eigenvalue weighted by Gasteiger charge is -2.29. The molecule has 0 aliphatic carbocycles. The van der Waals surface area contributed by atoms with Crippen LogP contribution in [0.5, 0.6) is 0 Å². The van der Waals surface area contributed by atoms with Crippen molar-refractivity contribution in [3.8, 4) is 0 Å². The Morgan fingerprint density at radius 1 is 1.59 bits per heavy atom. The van der Waals surface area contributed by atoms with Gasteiger partial charge in [-0.3, -0.25) is 0 Å². The number of halogens is 2. The van der Waals surface area contributed by atoms with Gasteiger partial charge < -0.3 is 5.11 Å². The summed E-state index contributed by atoms with van der Waals surface area (Å²) in [6, 6.07) is 4.48. The van der Waals surface area contributed by atoms with E-state index in [-0.39, 0.29) is 10.6 Å². The highest BCUT2D eigenvalue weighted by Crippen LogP contribution is 2.41. The zero-order valence-corrected chi connectivity index (χ0v) is 11.3. The Kier molecular flexibility index (Phi) is 4.01. The number of thioether (sulfide) groups is 1. The average Bonchev–Trinajstić information content (AvgIpc) is 2.72. The zero-order chi connectivity index (χ0) is 12.5. The first-order valence-corrected chi connectivity index (χ1v) is 7.13. The summed E-state index contributed by atoms with van der Waals surface area (Å²) in [6.07, 6.45) is 1.91. The van der Waals surface area contributed by atoms with Gasteiger partial charge in [0.1, 0.15) is 5.82 Å². The molecule has 2 rings (SSSR count). The number of hydrogen-bond donors (Lipinski definition) is 1. The van der Waals surface area contributed by atoms with E-state index in [4.69, 9.17) is 11.6 Å². The molecular formula is C13H16ClFOS. The van der Waals surface area contributed by atoms with Gasteiger partial charge in [-0.1, -0.05) is 11.6 Å². The van der Waals surface area contributed by atoms with Gasteiger partial charge in [0.2, 0.25) is 0 Å². The van der Waals surface area contributed by atoms with Crippen LogP contribution in [0, 0.1) is 5.82 Å². The number of benzene rings is 1. The second kappa shape index (κ2) is 5.17. The van der Waals surface area contributed by atoms with Crippen molar-refractivity contribution in [3.05, 3.63) is 34.6 Å². The molecule has 0 bridgehead atoms. The van der Waals surface area contributed by atoms with Crippen LogP contribution in [0.25, 0.3) is 0 Å². The highest BCUT2D eigenvalue weighted by molar-refractivity contribution is 8.00. The van der Waals surface area contributed by atoms with Crippen LogP contribution in [-0.2, 0) is 6.42 Å². The molecular weight excluding hydrogens is 259 g/mol. The van der Waals surface area contributed by atoms with Crippen LogP contribution in [0.1, 0.15) is 25.3 Å². The van der Waals surface area contributed by atoms with Crippen molar-refractivity contribution < 1.29 is 9.50 Å². The Labute approximate surface area is 110 Å². The van der Waals surface area contributed by atoms with E-state index >= 15 is 0 Å². The van der Waals surface area contributed by atoms with Crippen LogP contribution in [-0.4, -0.2) is 21.7 Å². The predicted molar refractivity (Wildman–Crippen MR) is 71.2 cm³/mol. The molecule has 94 valence electrons.